The number of carbonyl (C=O) groups excluding carboxylic acids is 2. The molecule has 0 spiro atoms. The Morgan fingerprint density at radius 3 is 2.27 bits per heavy atom. The van der Waals surface area contributed by atoms with Gasteiger partial charge in [0.2, 0.25) is 5.91 Å². The molecule has 22 heavy (non-hydrogen) atoms. The van der Waals surface area contributed by atoms with E-state index in [1.807, 2.05) is 0 Å². The van der Waals surface area contributed by atoms with Crippen LogP contribution in [0.1, 0.15) is 44.0 Å². The van der Waals surface area contributed by atoms with E-state index in [9.17, 15) is 9.59 Å². The summed E-state index contributed by atoms with van der Waals surface area (Å²) in [5, 5.41) is 2.84. The van der Waals surface area contributed by atoms with E-state index in [4.69, 9.17) is 4.74 Å². The topological polar surface area (TPSA) is 58.6 Å². The highest BCUT2D eigenvalue weighted by Crippen LogP contribution is 2.11. The molecule has 1 amide bonds. The average molecular weight is 306 g/mol. The number of hydrogen-bond acceptors (Lipinski definition) is 4. The number of rotatable bonds is 9. The normalized spacial score (nSPS) is 10.5. The average Bonchev–Trinajstić information content (AvgIpc) is 2.52. The van der Waals surface area contributed by atoms with Crippen LogP contribution < -0.4 is 5.32 Å². The number of carbonyl (C=O) groups is 2. The van der Waals surface area contributed by atoms with Gasteiger partial charge in [0.15, 0.2) is 0 Å². The van der Waals surface area contributed by atoms with Crippen molar-refractivity contribution in [1.82, 2.24) is 4.90 Å². The minimum atomic E-state index is -0.348. The standard InChI is InChI=1S/C17H26N2O3/c1-4-19(5-2)13-7-8-16(20)18-15-11-9-14(10-12-15)17(21)22-6-3/h9-12H,4-8,13H2,1-3H3,(H,18,20). The van der Waals surface area contributed by atoms with Gasteiger partial charge >= 0.3 is 5.97 Å². The number of anilines is 1. The molecule has 0 fully saturated rings. The largest absolute Gasteiger partial charge is 0.462 e. The Kier molecular flexibility index (Phi) is 8.22. The first-order valence-electron chi connectivity index (χ1n) is 7.90. The van der Waals surface area contributed by atoms with Crippen LogP contribution in [-0.4, -0.2) is 43.0 Å². The lowest BCUT2D eigenvalue weighted by Crippen LogP contribution is -2.25. The second kappa shape index (κ2) is 9.95. The molecule has 0 aliphatic rings. The third kappa shape index (κ3) is 6.26. The van der Waals surface area contributed by atoms with Crippen LogP contribution in [0, 0.1) is 0 Å². The lowest BCUT2D eigenvalue weighted by atomic mass is 10.2. The summed E-state index contributed by atoms with van der Waals surface area (Å²) in [6, 6.07) is 6.75. The zero-order chi connectivity index (χ0) is 16.4. The van der Waals surface area contributed by atoms with Gasteiger partial charge in [-0.15, -0.1) is 0 Å². The third-order valence-electron chi connectivity index (χ3n) is 3.45. The van der Waals surface area contributed by atoms with Gasteiger partial charge in [-0.3, -0.25) is 4.79 Å². The monoisotopic (exact) mass is 306 g/mol. The molecule has 0 aliphatic carbocycles. The summed E-state index contributed by atoms with van der Waals surface area (Å²) in [5.74, 6) is -0.351. The Morgan fingerprint density at radius 1 is 1.09 bits per heavy atom. The number of esters is 1. The van der Waals surface area contributed by atoms with E-state index in [1.54, 1.807) is 31.2 Å². The molecule has 0 aromatic heterocycles. The molecule has 1 N–H and O–H groups in total. The van der Waals surface area contributed by atoms with E-state index in [0.717, 1.165) is 26.1 Å². The number of ether oxygens (including phenoxy) is 1. The number of hydrogen-bond donors (Lipinski definition) is 1. The molecule has 0 bridgehead atoms. The van der Waals surface area contributed by atoms with Crippen LogP contribution >= 0.6 is 0 Å². The molecule has 0 heterocycles. The van der Waals surface area contributed by atoms with Crippen molar-refractivity contribution in [3.63, 3.8) is 0 Å². The highest BCUT2D eigenvalue weighted by Gasteiger charge is 2.07. The van der Waals surface area contributed by atoms with Crippen molar-refractivity contribution in [2.45, 2.75) is 33.6 Å². The Labute approximate surface area is 132 Å². The van der Waals surface area contributed by atoms with Crippen molar-refractivity contribution < 1.29 is 14.3 Å². The summed E-state index contributed by atoms with van der Waals surface area (Å²) in [7, 11) is 0. The molecular weight excluding hydrogens is 280 g/mol. The Balaban J connectivity index is 2.40. The zero-order valence-electron chi connectivity index (χ0n) is 13.7. The summed E-state index contributed by atoms with van der Waals surface area (Å²) < 4.78 is 4.91. The minimum absolute atomic E-state index is 0.00367. The maximum Gasteiger partial charge on any atom is 0.338 e. The summed E-state index contributed by atoms with van der Waals surface area (Å²) in [6.45, 7) is 9.31. The van der Waals surface area contributed by atoms with Gasteiger partial charge in [0, 0.05) is 12.1 Å². The van der Waals surface area contributed by atoms with E-state index in [1.165, 1.54) is 0 Å². The van der Waals surface area contributed by atoms with E-state index in [-0.39, 0.29) is 11.9 Å². The molecule has 1 aromatic carbocycles. The molecular formula is C17H26N2O3. The molecule has 0 radical (unpaired) electrons. The van der Waals surface area contributed by atoms with Gasteiger partial charge < -0.3 is 15.0 Å². The van der Waals surface area contributed by atoms with Crippen molar-refractivity contribution >= 4 is 17.6 Å². The van der Waals surface area contributed by atoms with Gasteiger partial charge in [-0.25, -0.2) is 4.79 Å². The molecule has 5 heteroatoms. The molecule has 5 nitrogen and oxygen atoms in total. The Bertz CT molecular complexity index is 467. The molecule has 0 atom stereocenters. The van der Waals surface area contributed by atoms with Crippen LogP contribution in [0.5, 0.6) is 0 Å². The SMILES string of the molecule is CCOC(=O)c1ccc(NC(=O)CCCN(CC)CC)cc1. The van der Waals surface area contributed by atoms with Gasteiger partial charge in [-0.05, 0) is 57.2 Å². The predicted octanol–water partition coefficient (Wildman–Crippen LogP) is 2.92. The van der Waals surface area contributed by atoms with Crippen LogP contribution in [0.4, 0.5) is 5.69 Å². The fourth-order valence-corrected chi connectivity index (χ4v) is 2.13. The van der Waals surface area contributed by atoms with Crippen LogP contribution in [-0.2, 0) is 9.53 Å². The summed E-state index contributed by atoms with van der Waals surface area (Å²) in [5.41, 5.74) is 1.18. The number of nitrogens with one attached hydrogen (secondary N) is 1. The first kappa shape index (κ1) is 18.2. The van der Waals surface area contributed by atoms with Crippen molar-refractivity contribution in [2.75, 3.05) is 31.6 Å². The van der Waals surface area contributed by atoms with Gasteiger partial charge in [-0.2, -0.15) is 0 Å². The fraction of sp³-hybridized carbons (Fsp3) is 0.529. The van der Waals surface area contributed by atoms with Gasteiger partial charge in [0.05, 0.1) is 12.2 Å². The van der Waals surface area contributed by atoms with Crippen LogP contribution in [0.2, 0.25) is 0 Å². The minimum Gasteiger partial charge on any atom is -0.462 e. The lowest BCUT2D eigenvalue weighted by Gasteiger charge is -2.17. The Hall–Kier alpha value is -1.88. The smallest absolute Gasteiger partial charge is 0.338 e. The van der Waals surface area contributed by atoms with Gasteiger partial charge in [-0.1, -0.05) is 13.8 Å². The fourth-order valence-electron chi connectivity index (χ4n) is 2.13. The van der Waals surface area contributed by atoms with Gasteiger partial charge in [0.25, 0.3) is 0 Å². The molecule has 0 saturated heterocycles. The van der Waals surface area contributed by atoms with Crippen molar-refractivity contribution in [3.8, 4) is 0 Å². The molecule has 0 aliphatic heterocycles. The number of nitrogens with zero attached hydrogens (tertiary/aromatic N) is 1. The van der Waals surface area contributed by atoms with Gasteiger partial charge in [0.1, 0.15) is 0 Å². The first-order chi connectivity index (χ1) is 10.6. The second-order valence-corrected chi connectivity index (χ2v) is 4.98. The van der Waals surface area contributed by atoms with E-state index in [0.29, 0.717) is 24.3 Å². The quantitative estimate of drug-likeness (QED) is 0.713. The lowest BCUT2D eigenvalue weighted by molar-refractivity contribution is -0.116. The van der Waals surface area contributed by atoms with E-state index < -0.39 is 0 Å². The van der Waals surface area contributed by atoms with Crippen molar-refractivity contribution in [3.05, 3.63) is 29.8 Å². The zero-order valence-corrected chi connectivity index (χ0v) is 13.7. The van der Waals surface area contributed by atoms with E-state index in [2.05, 4.69) is 24.1 Å². The number of amides is 1. The molecule has 1 rings (SSSR count). The number of benzene rings is 1. The maximum absolute atomic E-state index is 11.9. The summed E-state index contributed by atoms with van der Waals surface area (Å²) in [4.78, 5) is 25.7. The molecule has 0 unspecified atom stereocenters. The molecule has 122 valence electrons. The summed E-state index contributed by atoms with van der Waals surface area (Å²) >= 11 is 0. The van der Waals surface area contributed by atoms with Crippen LogP contribution in [0.3, 0.4) is 0 Å². The summed E-state index contributed by atoms with van der Waals surface area (Å²) in [6.07, 6.45) is 1.34. The highest BCUT2D eigenvalue weighted by atomic mass is 16.5. The molecule has 1 aromatic rings. The molecule has 0 saturated carbocycles. The van der Waals surface area contributed by atoms with Crippen molar-refractivity contribution in [2.24, 2.45) is 0 Å². The van der Waals surface area contributed by atoms with Crippen LogP contribution in [0.15, 0.2) is 24.3 Å². The van der Waals surface area contributed by atoms with E-state index >= 15 is 0 Å². The predicted molar refractivity (Wildman–Crippen MR) is 88.1 cm³/mol. The second-order valence-electron chi connectivity index (χ2n) is 4.98. The first-order valence-corrected chi connectivity index (χ1v) is 7.90. The highest BCUT2D eigenvalue weighted by molar-refractivity contribution is 5.93. The Morgan fingerprint density at radius 2 is 1.73 bits per heavy atom. The van der Waals surface area contributed by atoms with Crippen molar-refractivity contribution in [1.29, 1.82) is 0 Å². The van der Waals surface area contributed by atoms with Crippen LogP contribution in [0.25, 0.3) is 0 Å². The maximum atomic E-state index is 11.9. The third-order valence-corrected chi connectivity index (χ3v) is 3.45.